The Kier molecular flexibility index (Phi) is 2.95. The normalized spacial score (nSPS) is 11.1. The molecule has 0 radical (unpaired) electrons. The molecule has 0 aliphatic heterocycles. The van der Waals surface area contributed by atoms with Gasteiger partial charge in [-0.3, -0.25) is 4.57 Å². The summed E-state index contributed by atoms with van der Waals surface area (Å²) in [5.41, 5.74) is 2.90. The number of benzene rings is 1. The molecule has 0 bridgehead atoms. The van der Waals surface area contributed by atoms with E-state index in [-0.39, 0.29) is 11.7 Å². The summed E-state index contributed by atoms with van der Waals surface area (Å²) in [6.45, 7) is 1.73. The largest absolute Gasteiger partial charge is 0.280 e. The first-order chi connectivity index (χ1) is 9.20. The SMILES string of the molecule is Cc1cc(-n2c(CCl)nc3cccnc32)ccc1F. The van der Waals surface area contributed by atoms with E-state index in [1.54, 1.807) is 25.3 Å². The molecule has 2 heterocycles. The van der Waals surface area contributed by atoms with E-state index < -0.39 is 0 Å². The lowest BCUT2D eigenvalue weighted by molar-refractivity contribution is 0.618. The number of imidazole rings is 1. The van der Waals surface area contributed by atoms with Crippen molar-refractivity contribution in [1.82, 2.24) is 14.5 Å². The number of aromatic nitrogens is 3. The standard InChI is InChI=1S/C14H11ClFN3/c1-9-7-10(4-5-11(9)16)19-13(8-15)18-12-3-2-6-17-14(12)19/h2-7H,8H2,1H3. The first-order valence-electron chi connectivity index (χ1n) is 5.85. The third-order valence-electron chi connectivity index (χ3n) is 3.00. The summed E-state index contributed by atoms with van der Waals surface area (Å²) in [4.78, 5) is 8.76. The van der Waals surface area contributed by atoms with Gasteiger partial charge in [-0.15, -0.1) is 11.6 Å². The van der Waals surface area contributed by atoms with Crippen molar-refractivity contribution in [2.45, 2.75) is 12.8 Å². The second kappa shape index (κ2) is 4.63. The van der Waals surface area contributed by atoms with Gasteiger partial charge in [0.15, 0.2) is 5.65 Å². The zero-order chi connectivity index (χ0) is 13.4. The summed E-state index contributed by atoms with van der Waals surface area (Å²) in [6, 6.07) is 8.62. The van der Waals surface area contributed by atoms with Crippen LogP contribution in [-0.4, -0.2) is 14.5 Å². The molecule has 0 amide bonds. The lowest BCUT2D eigenvalue weighted by Crippen LogP contribution is -2.01. The summed E-state index contributed by atoms with van der Waals surface area (Å²) >= 11 is 5.94. The van der Waals surface area contributed by atoms with Crippen LogP contribution in [0.2, 0.25) is 0 Å². The summed E-state index contributed by atoms with van der Waals surface area (Å²) in [6.07, 6.45) is 1.70. The smallest absolute Gasteiger partial charge is 0.164 e. The van der Waals surface area contributed by atoms with Crippen LogP contribution in [0.1, 0.15) is 11.4 Å². The van der Waals surface area contributed by atoms with Gasteiger partial charge in [0.05, 0.1) is 5.88 Å². The second-order valence-corrected chi connectivity index (χ2v) is 4.54. The molecule has 0 saturated carbocycles. The van der Waals surface area contributed by atoms with Gasteiger partial charge in [-0.2, -0.15) is 0 Å². The molecule has 0 saturated heterocycles. The van der Waals surface area contributed by atoms with Crippen LogP contribution in [0.4, 0.5) is 4.39 Å². The van der Waals surface area contributed by atoms with E-state index in [4.69, 9.17) is 11.6 Å². The Bertz CT molecular complexity index is 752. The van der Waals surface area contributed by atoms with Crippen LogP contribution in [0.15, 0.2) is 36.5 Å². The third-order valence-corrected chi connectivity index (χ3v) is 3.24. The van der Waals surface area contributed by atoms with E-state index >= 15 is 0 Å². The Hall–Kier alpha value is -1.94. The van der Waals surface area contributed by atoms with Gasteiger partial charge in [0.25, 0.3) is 0 Å². The fourth-order valence-corrected chi connectivity index (χ4v) is 2.27. The van der Waals surface area contributed by atoms with Crippen molar-refractivity contribution in [3.8, 4) is 5.69 Å². The molecule has 3 rings (SSSR count). The number of nitrogens with zero attached hydrogens (tertiary/aromatic N) is 3. The number of aryl methyl sites for hydroxylation is 1. The highest BCUT2D eigenvalue weighted by molar-refractivity contribution is 6.16. The molecule has 0 spiro atoms. The van der Waals surface area contributed by atoms with Gasteiger partial charge < -0.3 is 0 Å². The number of hydrogen-bond donors (Lipinski definition) is 0. The van der Waals surface area contributed by atoms with E-state index in [1.807, 2.05) is 16.7 Å². The van der Waals surface area contributed by atoms with Crippen molar-refractivity contribution >= 4 is 22.8 Å². The van der Waals surface area contributed by atoms with E-state index in [0.717, 1.165) is 16.9 Å². The van der Waals surface area contributed by atoms with E-state index in [9.17, 15) is 4.39 Å². The van der Waals surface area contributed by atoms with Crippen LogP contribution in [0.3, 0.4) is 0 Å². The average Bonchev–Trinajstić information content (AvgIpc) is 2.80. The van der Waals surface area contributed by atoms with Crippen LogP contribution in [0, 0.1) is 12.7 Å². The fourth-order valence-electron chi connectivity index (χ4n) is 2.09. The van der Waals surface area contributed by atoms with E-state index in [2.05, 4.69) is 9.97 Å². The molecule has 0 atom stereocenters. The minimum absolute atomic E-state index is 0.228. The highest BCUT2D eigenvalue weighted by atomic mass is 35.5. The lowest BCUT2D eigenvalue weighted by Gasteiger charge is -2.08. The van der Waals surface area contributed by atoms with Crippen molar-refractivity contribution in [2.75, 3.05) is 0 Å². The Labute approximate surface area is 114 Å². The summed E-state index contributed by atoms with van der Waals surface area (Å²) in [5, 5.41) is 0. The molecule has 3 nitrogen and oxygen atoms in total. The van der Waals surface area contributed by atoms with E-state index in [0.29, 0.717) is 11.4 Å². The molecule has 0 N–H and O–H groups in total. The van der Waals surface area contributed by atoms with Crippen molar-refractivity contribution < 1.29 is 4.39 Å². The molecule has 1 aromatic carbocycles. The van der Waals surface area contributed by atoms with Crippen LogP contribution >= 0.6 is 11.6 Å². The first kappa shape index (κ1) is 12.1. The maximum Gasteiger partial charge on any atom is 0.164 e. The molecule has 0 aliphatic rings. The molecule has 2 aromatic heterocycles. The predicted molar refractivity (Wildman–Crippen MR) is 73.1 cm³/mol. The lowest BCUT2D eigenvalue weighted by atomic mass is 10.2. The zero-order valence-electron chi connectivity index (χ0n) is 10.3. The molecule has 0 aliphatic carbocycles. The summed E-state index contributed by atoms with van der Waals surface area (Å²) in [5.74, 6) is 0.738. The summed E-state index contributed by atoms with van der Waals surface area (Å²) in [7, 11) is 0. The number of rotatable bonds is 2. The monoisotopic (exact) mass is 275 g/mol. The van der Waals surface area contributed by atoms with Crippen molar-refractivity contribution in [3.63, 3.8) is 0 Å². The Morgan fingerprint density at radius 3 is 2.89 bits per heavy atom. The summed E-state index contributed by atoms with van der Waals surface area (Å²) < 4.78 is 15.2. The fraction of sp³-hybridized carbons (Fsp3) is 0.143. The second-order valence-electron chi connectivity index (χ2n) is 4.28. The van der Waals surface area contributed by atoms with Crippen LogP contribution in [-0.2, 0) is 5.88 Å². The van der Waals surface area contributed by atoms with Gasteiger partial charge in [0.1, 0.15) is 17.2 Å². The molecule has 3 aromatic rings. The quantitative estimate of drug-likeness (QED) is 0.669. The number of fused-ring (bicyclic) bond motifs is 1. The van der Waals surface area contributed by atoms with Crippen molar-refractivity contribution in [2.24, 2.45) is 0 Å². The molecule has 0 unspecified atom stereocenters. The van der Waals surface area contributed by atoms with Crippen molar-refractivity contribution in [1.29, 1.82) is 0 Å². The minimum Gasteiger partial charge on any atom is -0.280 e. The maximum atomic E-state index is 13.4. The van der Waals surface area contributed by atoms with Crippen LogP contribution in [0.5, 0.6) is 0 Å². The van der Waals surface area contributed by atoms with Gasteiger partial charge in [-0.05, 0) is 42.8 Å². The zero-order valence-corrected chi connectivity index (χ0v) is 11.0. The van der Waals surface area contributed by atoms with Crippen LogP contribution < -0.4 is 0 Å². The predicted octanol–water partition coefficient (Wildman–Crippen LogP) is 3.61. The molecular formula is C14H11ClFN3. The molecule has 0 fully saturated rings. The van der Waals surface area contributed by atoms with Gasteiger partial charge in [-0.1, -0.05) is 0 Å². The topological polar surface area (TPSA) is 30.7 Å². The highest BCUT2D eigenvalue weighted by Crippen LogP contribution is 2.22. The van der Waals surface area contributed by atoms with Gasteiger partial charge in [0.2, 0.25) is 0 Å². The highest BCUT2D eigenvalue weighted by Gasteiger charge is 2.13. The Morgan fingerprint density at radius 2 is 2.16 bits per heavy atom. The van der Waals surface area contributed by atoms with Gasteiger partial charge in [-0.25, -0.2) is 14.4 Å². The van der Waals surface area contributed by atoms with Crippen molar-refractivity contribution in [3.05, 3.63) is 53.7 Å². The van der Waals surface area contributed by atoms with Gasteiger partial charge >= 0.3 is 0 Å². The minimum atomic E-state index is -0.228. The number of pyridine rings is 1. The van der Waals surface area contributed by atoms with Gasteiger partial charge in [0, 0.05) is 11.9 Å². The third kappa shape index (κ3) is 1.98. The Morgan fingerprint density at radius 1 is 1.32 bits per heavy atom. The number of hydrogen-bond acceptors (Lipinski definition) is 2. The average molecular weight is 276 g/mol. The molecule has 5 heteroatoms. The number of halogens is 2. The molecule has 19 heavy (non-hydrogen) atoms. The number of alkyl halides is 1. The van der Waals surface area contributed by atoms with E-state index in [1.165, 1.54) is 6.07 Å². The first-order valence-corrected chi connectivity index (χ1v) is 6.39. The molecule has 96 valence electrons. The maximum absolute atomic E-state index is 13.4. The van der Waals surface area contributed by atoms with Crippen LogP contribution in [0.25, 0.3) is 16.9 Å². The molecular weight excluding hydrogens is 265 g/mol. The Balaban J connectivity index is 2.31.